The van der Waals surface area contributed by atoms with Crippen molar-refractivity contribution in [1.29, 1.82) is 0 Å². The lowest BCUT2D eigenvalue weighted by atomic mass is 9.87. The summed E-state index contributed by atoms with van der Waals surface area (Å²) in [4.78, 5) is 63.7. The number of hydrogen-bond acceptors (Lipinski definition) is 12. The van der Waals surface area contributed by atoms with Crippen LogP contribution in [0.15, 0.2) is 60.2 Å². The summed E-state index contributed by atoms with van der Waals surface area (Å²) in [7, 11) is 0. The first kappa shape index (κ1) is 51.5. The number of nitrogens with one attached hydrogen (secondary N) is 4. The molecule has 8 N–H and O–H groups in total. The molecule has 0 bridgehead atoms. The Morgan fingerprint density at radius 3 is 2.37 bits per heavy atom. The van der Waals surface area contributed by atoms with Crippen LogP contribution in [0.4, 0.5) is 5.69 Å². The number of allylic oxidation sites excluding steroid dienone is 2. The highest BCUT2D eigenvalue weighted by Gasteiger charge is 2.58. The van der Waals surface area contributed by atoms with Crippen molar-refractivity contribution < 1.29 is 53.1 Å². The summed E-state index contributed by atoms with van der Waals surface area (Å²) in [6, 6.07) is 5.47. The zero-order chi connectivity index (χ0) is 47.4. The van der Waals surface area contributed by atoms with Crippen molar-refractivity contribution in [3.05, 3.63) is 65.8 Å². The third kappa shape index (κ3) is 15.6. The Balaban J connectivity index is 1.02. The average molecular weight is 908 g/mol. The minimum atomic E-state index is -0.867. The highest BCUT2D eigenvalue weighted by Crippen LogP contribution is 2.43. The molecule has 3 heterocycles. The van der Waals surface area contributed by atoms with Crippen LogP contribution in [-0.2, 0) is 49.3 Å². The van der Waals surface area contributed by atoms with Gasteiger partial charge in [0.1, 0.15) is 30.0 Å². The van der Waals surface area contributed by atoms with E-state index >= 15 is 0 Å². The topological polar surface area (TPSA) is 240 Å². The van der Waals surface area contributed by atoms with Gasteiger partial charge < -0.3 is 56.2 Å². The van der Waals surface area contributed by atoms with Crippen molar-refractivity contribution in [2.45, 2.75) is 185 Å². The molecule has 3 saturated heterocycles. The number of benzene rings is 1. The second kappa shape index (κ2) is 23.8. The lowest BCUT2D eigenvalue weighted by Gasteiger charge is -2.39. The first-order valence-corrected chi connectivity index (χ1v) is 23.4. The van der Waals surface area contributed by atoms with E-state index in [0.717, 1.165) is 17.6 Å². The maximum absolute atomic E-state index is 13.3. The van der Waals surface area contributed by atoms with E-state index < -0.39 is 53.9 Å². The molecule has 4 fully saturated rings. The SMILES string of the molecule is CC(/C=C/[C@H]1O[C@H](CC(=O)N[C@H]2CC[C@H](OC(=O)CCc3ccccc3NC(=O)[C@H](C)NC(=O)[C@@H](N)C(C)C)CC2)C[C@@]2(CO2)[C@@H]1O)=C\C[C@@H]1O[C@H](C)[C@H](NC(=O)/C=C\[C@H](C)O)C[C@@H]1C. The number of epoxide rings is 1. The van der Waals surface area contributed by atoms with E-state index in [-0.39, 0.29) is 72.9 Å². The third-order valence-electron chi connectivity index (χ3n) is 13.0. The van der Waals surface area contributed by atoms with E-state index in [1.54, 1.807) is 26.0 Å². The van der Waals surface area contributed by atoms with E-state index in [2.05, 4.69) is 34.3 Å². The molecule has 0 radical (unpaired) electrons. The number of carbonyl (C=O) groups excluding carboxylic acids is 5. The number of anilines is 1. The van der Waals surface area contributed by atoms with Crippen LogP contribution in [0.5, 0.6) is 0 Å². The van der Waals surface area contributed by atoms with Crippen LogP contribution < -0.4 is 27.0 Å². The van der Waals surface area contributed by atoms with E-state index in [4.69, 9.17) is 24.7 Å². The monoisotopic (exact) mass is 908 g/mol. The van der Waals surface area contributed by atoms with Gasteiger partial charge in [-0.2, -0.15) is 0 Å². The molecule has 4 aliphatic rings. The molecule has 11 atom stereocenters. The minimum Gasteiger partial charge on any atom is -0.462 e. The quantitative estimate of drug-likeness (QED) is 0.0454. The number of aliphatic hydroxyl groups excluding tert-OH is 2. The summed E-state index contributed by atoms with van der Waals surface area (Å²) < 4.78 is 24.1. The number of amides is 4. The second-order valence-electron chi connectivity index (χ2n) is 19.0. The number of hydrogen-bond donors (Lipinski definition) is 7. The molecule has 1 aromatic carbocycles. The van der Waals surface area contributed by atoms with Gasteiger partial charge in [-0.1, -0.05) is 68.8 Å². The van der Waals surface area contributed by atoms with Crippen LogP contribution in [0, 0.1) is 11.8 Å². The van der Waals surface area contributed by atoms with Gasteiger partial charge in [-0.3, -0.25) is 24.0 Å². The molecular formula is C49H73N5O11. The fraction of sp³-hybridized carbons (Fsp3) is 0.653. The Kier molecular flexibility index (Phi) is 18.9. The lowest BCUT2D eigenvalue weighted by Crippen LogP contribution is -2.51. The van der Waals surface area contributed by atoms with Crippen LogP contribution in [0.1, 0.15) is 112 Å². The zero-order valence-electron chi connectivity index (χ0n) is 39.1. The summed E-state index contributed by atoms with van der Waals surface area (Å²) in [6.07, 6.45) is 10.5. The molecule has 360 valence electrons. The Morgan fingerprint density at radius 2 is 1.69 bits per heavy atom. The number of esters is 1. The van der Waals surface area contributed by atoms with Gasteiger partial charge in [-0.15, -0.1) is 0 Å². The van der Waals surface area contributed by atoms with Crippen molar-refractivity contribution in [2.24, 2.45) is 17.6 Å². The van der Waals surface area contributed by atoms with Crippen LogP contribution in [0.3, 0.4) is 0 Å². The van der Waals surface area contributed by atoms with Crippen molar-refractivity contribution in [1.82, 2.24) is 16.0 Å². The van der Waals surface area contributed by atoms with E-state index in [9.17, 15) is 34.2 Å². The molecule has 0 unspecified atom stereocenters. The van der Waals surface area contributed by atoms with Gasteiger partial charge in [0.15, 0.2) is 0 Å². The fourth-order valence-electron chi connectivity index (χ4n) is 8.67. The van der Waals surface area contributed by atoms with Gasteiger partial charge in [0, 0.05) is 30.6 Å². The largest absolute Gasteiger partial charge is 0.462 e. The fourth-order valence-corrected chi connectivity index (χ4v) is 8.67. The first-order chi connectivity index (χ1) is 30.8. The Hall–Kier alpha value is -4.45. The van der Waals surface area contributed by atoms with Crippen molar-refractivity contribution in [3.63, 3.8) is 0 Å². The van der Waals surface area contributed by atoms with Crippen LogP contribution >= 0.6 is 0 Å². The molecule has 1 spiro atoms. The van der Waals surface area contributed by atoms with E-state index in [1.807, 2.05) is 52.0 Å². The molecule has 16 nitrogen and oxygen atoms in total. The molecular weight excluding hydrogens is 835 g/mol. The predicted molar refractivity (Wildman–Crippen MR) is 245 cm³/mol. The molecule has 1 saturated carbocycles. The Labute approximate surface area is 383 Å². The zero-order valence-corrected chi connectivity index (χ0v) is 39.1. The van der Waals surface area contributed by atoms with Crippen molar-refractivity contribution in [3.8, 4) is 0 Å². The van der Waals surface area contributed by atoms with Crippen LogP contribution in [-0.4, -0.2) is 119 Å². The molecule has 1 aliphatic carbocycles. The Bertz CT molecular complexity index is 1890. The molecule has 16 heteroatoms. The Morgan fingerprint density at radius 1 is 0.985 bits per heavy atom. The molecule has 3 aliphatic heterocycles. The van der Waals surface area contributed by atoms with Gasteiger partial charge in [0.05, 0.1) is 49.5 Å². The number of para-hydroxylation sites is 1. The van der Waals surface area contributed by atoms with Crippen molar-refractivity contribution >= 4 is 35.3 Å². The predicted octanol–water partition coefficient (Wildman–Crippen LogP) is 3.82. The average Bonchev–Trinajstić information content (AvgIpc) is 4.03. The van der Waals surface area contributed by atoms with Gasteiger partial charge in [0.25, 0.3) is 0 Å². The van der Waals surface area contributed by atoms with Gasteiger partial charge in [-0.05, 0) is 96.1 Å². The number of carbonyl (C=O) groups is 5. The maximum atomic E-state index is 13.3. The van der Waals surface area contributed by atoms with Crippen LogP contribution in [0.2, 0.25) is 0 Å². The summed E-state index contributed by atoms with van der Waals surface area (Å²) in [5.74, 6) is -1.41. The van der Waals surface area contributed by atoms with Gasteiger partial charge in [-0.25, -0.2) is 0 Å². The molecule has 4 amide bonds. The lowest BCUT2D eigenvalue weighted by molar-refractivity contribution is -0.151. The minimum absolute atomic E-state index is 0.0289. The number of aryl methyl sites for hydroxylation is 1. The van der Waals surface area contributed by atoms with E-state index in [1.165, 1.54) is 12.2 Å². The standard InChI is InChI=1S/C49H73N5O11/c1-28(2)45(50)48(61)51-32(6)47(60)54-38-11-9-8-10-34(38)15-23-44(58)65-36-18-16-35(17-19-36)52-43(57)25-37-26-49(27-62-49)46(59)41(64-37)21-13-29(3)12-20-40-30(4)24-39(33(7)63-40)53-42(56)22-14-31(5)55/h8-14,21-22,28,30-33,35-37,39-41,45-46,55,59H,15-20,23-27,50H2,1-7H3,(H,51,61)(H,52,57)(H,53,56)(H,54,60)/b21-13+,22-14-,29-12+/t30-,31-,32-,33+,35-,36-,37+,39+,40-,41+,45-,46+,49+/m0/s1. The molecule has 1 aromatic rings. The molecule has 65 heavy (non-hydrogen) atoms. The second-order valence-corrected chi connectivity index (χ2v) is 19.0. The van der Waals surface area contributed by atoms with Gasteiger partial charge >= 0.3 is 5.97 Å². The number of aliphatic hydroxyl groups is 2. The van der Waals surface area contributed by atoms with Crippen molar-refractivity contribution in [2.75, 3.05) is 11.9 Å². The highest BCUT2D eigenvalue weighted by molar-refractivity contribution is 5.98. The number of rotatable bonds is 19. The van der Waals surface area contributed by atoms with Gasteiger partial charge in [0.2, 0.25) is 23.6 Å². The number of ether oxygens (including phenoxy) is 4. The smallest absolute Gasteiger partial charge is 0.306 e. The molecule has 5 rings (SSSR count). The summed E-state index contributed by atoms with van der Waals surface area (Å²) in [6.45, 7) is 13.3. The maximum Gasteiger partial charge on any atom is 0.306 e. The number of nitrogens with two attached hydrogens (primary N) is 1. The van der Waals surface area contributed by atoms with E-state index in [0.29, 0.717) is 57.2 Å². The highest BCUT2D eigenvalue weighted by atomic mass is 16.6. The summed E-state index contributed by atoms with van der Waals surface area (Å²) in [5.41, 5.74) is 7.48. The first-order valence-electron chi connectivity index (χ1n) is 23.4. The molecule has 0 aromatic heterocycles. The third-order valence-corrected chi connectivity index (χ3v) is 13.0. The van der Waals surface area contributed by atoms with Crippen LogP contribution in [0.25, 0.3) is 0 Å². The summed E-state index contributed by atoms with van der Waals surface area (Å²) >= 11 is 0. The summed E-state index contributed by atoms with van der Waals surface area (Å²) in [5, 5.41) is 32.2. The normalized spacial score (nSPS) is 30.7.